The zero-order valence-corrected chi connectivity index (χ0v) is 12.9. The second-order valence-corrected chi connectivity index (χ2v) is 5.51. The Morgan fingerprint density at radius 1 is 1.11 bits per heavy atom. The SMILES string of the molecule is COc1ccc(C(O)c2cc(C)ccc2Br)cc1C. The number of benzene rings is 2. The molecule has 2 nitrogen and oxygen atoms in total. The molecule has 1 N–H and O–H groups in total. The quantitative estimate of drug-likeness (QED) is 0.920. The first-order chi connectivity index (χ1) is 9.02. The number of rotatable bonds is 3. The van der Waals surface area contributed by atoms with Crippen molar-refractivity contribution in [2.45, 2.75) is 20.0 Å². The first kappa shape index (κ1) is 14.1. The Labute approximate surface area is 122 Å². The molecule has 0 saturated carbocycles. The molecule has 100 valence electrons. The van der Waals surface area contributed by atoms with E-state index in [0.717, 1.165) is 32.5 Å². The molecular weight excluding hydrogens is 304 g/mol. The summed E-state index contributed by atoms with van der Waals surface area (Å²) in [5, 5.41) is 10.5. The van der Waals surface area contributed by atoms with Crippen LogP contribution in [0.2, 0.25) is 0 Å². The number of halogens is 1. The van der Waals surface area contributed by atoms with Crippen LogP contribution < -0.4 is 4.74 Å². The largest absolute Gasteiger partial charge is 0.496 e. The summed E-state index contributed by atoms with van der Waals surface area (Å²) in [7, 11) is 1.65. The second kappa shape index (κ2) is 5.76. The molecule has 0 aliphatic heterocycles. The number of hydrogen-bond acceptors (Lipinski definition) is 2. The van der Waals surface area contributed by atoms with Crippen molar-refractivity contribution >= 4 is 15.9 Å². The fraction of sp³-hybridized carbons (Fsp3) is 0.250. The minimum absolute atomic E-state index is 0.640. The van der Waals surface area contributed by atoms with Crippen LogP contribution in [0.1, 0.15) is 28.4 Å². The molecule has 1 atom stereocenters. The first-order valence-electron chi connectivity index (χ1n) is 6.11. The Morgan fingerprint density at radius 2 is 1.84 bits per heavy atom. The van der Waals surface area contributed by atoms with E-state index in [9.17, 15) is 5.11 Å². The minimum Gasteiger partial charge on any atom is -0.496 e. The van der Waals surface area contributed by atoms with Crippen LogP contribution in [-0.2, 0) is 0 Å². The molecule has 0 fully saturated rings. The van der Waals surface area contributed by atoms with Gasteiger partial charge in [-0.05, 0) is 48.7 Å². The summed E-state index contributed by atoms with van der Waals surface area (Å²) in [6.45, 7) is 3.99. The van der Waals surface area contributed by atoms with Crippen molar-refractivity contribution in [2.75, 3.05) is 7.11 Å². The van der Waals surface area contributed by atoms with E-state index in [2.05, 4.69) is 15.9 Å². The lowest BCUT2D eigenvalue weighted by atomic mass is 9.98. The van der Waals surface area contributed by atoms with Gasteiger partial charge in [0.2, 0.25) is 0 Å². The smallest absolute Gasteiger partial charge is 0.121 e. The molecule has 1 unspecified atom stereocenters. The molecule has 2 aromatic rings. The van der Waals surface area contributed by atoms with Crippen LogP contribution in [0.25, 0.3) is 0 Å². The highest BCUT2D eigenvalue weighted by atomic mass is 79.9. The Balaban J connectivity index is 2.41. The normalized spacial score (nSPS) is 12.3. The third-order valence-electron chi connectivity index (χ3n) is 3.18. The van der Waals surface area contributed by atoms with E-state index in [1.54, 1.807) is 7.11 Å². The molecule has 0 aromatic heterocycles. The number of methoxy groups -OCH3 is 1. The molecule has 2 rings (SSSR count). The highest BCUT2D eigenvalue weighted by Crippen LogP contribution is 2.31. The Bertz CT molecular complexity index is 593. The number of hydrogen-bond donors (Lipinski definition) is 1. The van der Waals surface area contributed by atoms with E-state index in [0.29, 0.717) is 0 Å². The van der Waals surface area contributed by atoms with E-state index in [-0.39, 0.29) is 0 Å². The Kier molecular flexibility index (Phi) is 4.27. The zero-order valence-electron chi connectivity index (χ0n) is 11.3. The van der Waals surface area contributed by atoms with Gasteiger partial charge in [0.05, 0.1) is 7.11 Å². The van der Waals surface area contributed by atoms with Gasteiger partial charge in [-0.15, -0.1) is 0 Å². The molecule has 0 radical (unpaired) electrons. The summed E-state index contributed by atoms with van der Waals surface area (Å²) >= 11 is 3.49. The maximum atomic E-state index is 10.5. The zero-order chi connectivity index (χ0) is 14.0. The summed E-state index contributed by atoms with van der Waals surface area (Å²) in [4.78, 5) is 0. The van der Waals surface area contributed by atoms with Crippen LogP contribution in [0.5, 0.6) is 5.75 Å². The van der Waals surface area contributed by atoms with Gasteiger partial charge in [0.15, 0.2) is 0 Å². The molecule has 0 saturated heterocycles. The van der Waals surface area contributed by atoms with Crippen LogP contribution in [-0.4, -0.2) is 12.2 Å². The molecule has 0 heterocycles. The maximum Gasteiger partial charge on any atom is 0.121 e. The standard InChI is InChI=1S/C16H17BrO2/c1-10-4-6-14(17)13(8-10)16(18)12-5-7-15(19-3)11(2)9-12/h4-9,16,18H,1-3H3. The van der Waals surface area contributed by atoms with Crippen molar-refractivity contribution in [1.29, 1.82) is 0 Å². The topological polar surface area (TPSA) is 29.5 Å². The number of ether oxygens (including phenoxy) is 1. The maximum absolute atomic E-state index is 10.5. The van der Waals surface area contributed by atoms with E-state index < -0.39 is 6.10 Å². The number of aliphatic hydroxyl groups excluding tert-OH is 1. The van der Waals surface area contributed by atoms with E-state index in [1.807, 2.05) is 50.2 Å². The molecule has 2 aromatic carbocycles. The average molecular weight is 321 g/mol. The Hall–Kier alpha value is -1.32. The first-order valence-corrected chi connectivity index (χ1v) is 6.91. The Morgan fingerprint density at radius 3 is 2.47 bits per heavy atom. The lowest BCUT2D eigenvalue weighted by molar-refractivity contribution is 0.219. The molecule has 3 heteroatoms. The third kappa shape index (κ3) is 2.99. The van der Waals surface area contributed by atoms with Crippen LogP contribution in [0.15, 0.2) is 40.9 Å². The molecule has 0 aliphatic carbocycles. The molecule has 0 aliphatic rings. The van der Waals surface area contributed by atoms with Crippen LogP contribution >= 0.6 is 15.9 Å². The van der Waals surface area contributed by atoms with Gasteiger partial charge in [0.1, 0.15) is 11.9 Å². The van der Waals surface area contributed by atoms with E-state index in [4.69, 9.17) is 4.74 Å². The molecular formula is C16H17BrO2. The van der Waals surface area contributed by atoms with E-state index >= 15 is 0 Å². The predicted octanol–water partition coefficient (Wildman–Crippen LogP) is 4.16. The highest BCUT2D eigenvalue weighted by Gasteiger charge is 2.15. The van der Waals surface area contributed by atoms with Gasteiger partial charge in [-0.25, -0.2) is 0 Å². The van der Waals surface area contributed by atoms with Gasteiger partial charge >= 0.3 is 0 Å². The second-order valence-electron chi connectivity index (χ2n) is 4.66. The molecule has 0 amide bonds. The number of aryl methyl sites for hydroxylation is 2. The van der Waals surface area contributed by atoms with Crippen molar-refractivity contribution in [3.05, 3.63) is 63.1 Å². The van der Waals surface area contributed by atoms with Crippen molar-refractivity contribution in [2.24, 2.45) is 0 Å². The van der Waals surface area contributed by atoms with Crippen molar-refractivity contribution in [1.82, 2.24) is 0 Å². The van der Waals surface area contributed by atoms with Gasteiger partial charge in [-0.2, -0.15) is 0 Å². The molecule has 0 bridgehead atoms. The van der Waals surface area contributed by atoms with Gasteiger partial charge in [0.25, 0.3) is 0 Å². The lowest BCUT2D eigenvalue weighted by Gasteiger charge is -2.16. The summed E-state index contributed by atoms with van der Waals surface area (Å²) in [6, 6.07) is 11.7. The number of aliphatic hydroxyl groups is 1. The van der Waals surface area contributed by atoms with Gasteiger partial charge in [-0.3, -0.25) is 0 Å². The van der Waals surface area contributed by atoms with Crippen LogP contribution in [0, 0.1) is 13.8 Å². The van der Waals surface area contributed by atoms with Crippen LogP contribution in [0.4, 0.5) is 0 Å². The van der Waals surface area contributed by atoms with Gasteiger partial charge in [0, 0.05) is 4.47 Å². The monoisotopic (exact) mass is 320 g/mol. The van der Waals surface area contributed by atoms with Crippen molar-refractivity contribution < 1.29 is 9.84 Å². The summed E-state index contributed by atoms with van der Waals surface area (Å²) in [5.41, 5.74) is 3.89. The average Bonchev–Trinajstić information content (AvgIpc) is 2.40. The van der Waals surface area contributed by atoms with Gasteiger partial charge < -0.3 is 9.84 Å². The summed E-state index contributed by atoms with van der Waals surface area (Å²) < 4.78 is 6.15. The van der Waals surface area contributed by atoms with Crippen molar-refractivity contribution in [3.8, 4) is 5.75 Å². The van der Waals surface area contributed by atoms with Crippen LogP contribution in [0.3, 0.4) is 0 Å². The fourth-order valence-corrected chi connectivity index (χ4v) is 2.59. The molecule has 0 spiro atoms. The predicted molar refractivity (Wildman–Crippen MR) is 80.7 cm³/mol. The van der Waals surface area contributed by atoms with Crippen molar-refractivity contribution in [3.63, 3.8) is 0 Å². The molecule has 19 heavy (non-hydrogen) atoms. The lowest BCUT2D eigenvalue weighted by Crippen LogP contribution is -2.02. The van der Waals surface area contributed by atoms with E-state index in [1.165, 1.54) is 0 Å². The third-order valence-corrected chi connectivity index (χ3v) is 3.90. The minimum atomic E-state index is -0.640. The summed E-state index contributed by atoms with van der Waals surface area (Å²) in [5.74, 6) is 0.833. The summed E-state index contributed by atoms with van der Waals surface area (Å²) in [6.07, 6.45) is -0.640. The highest BCUT2D eigenvalue weighted by molar-refractivity contribution is 9.10. The fourth-order valence-electron chi connectivity index (χ4n) is 2.12. The van der Waals surface area contributed by atoms with Gasteiger partial charge in [-0.1, -0.05) is 39.7 Å².